The summed E-state index contributed by atoms with van der Waals surface area (Å²) in [7, 11) is 0. The van der Waals surface area contributed by atoms with Crippen LogP contribution in [0.15, 0.2) is 24.3 Å². The van der Waals surface area contributed by atoms with E-state index in [1.807, 2.05) is 25.1 Å². The topological polar surface area (TPSA) is 24.9 Å². The highest BCUT2D eigenvalue weighted by Gasteiger charge is 2.17. The zero-order valence-corrected chi connectivity index (χ0v) is 13.3. The van der Waals surface area contributed by atoms with Gasteiger partial charge in [-0.2, -0.15) is 0 Å². The molecule has 2 nitrogen and oxygen atoms in total. The molecule has 1 heterocycles. The number of nitrogens with one attached hydrogen (secondary N) is 1. The molecule has 1 N–H and O–H groups in total. The monoisotopic (exact) mass is 294 g/mol. The van der Waals surface area contributed by atoms with Crippen molar-refractivity contribution in [3.8, 4) is 0 Å². The van der Waals surface area contributed by atoms with E-state index in [0.29, 0.717) is 0 Å². The van der Waals surface area contributed by atoms with Crippen molar-refractivity contribution in [3.05, 3.63) is 50.4 Å². The first-order valence-corrected chi connectivity index (χ1v) is 7.63. The second-order valence-electron chi connectivity index (χ2n) is 4.81. The highest BCUT2D eigenvalue weighted by atomic mass is 35.5. The Kier molecular flexibility index (Phi) is 4.61. The molecule has 0 fully saturated rings. The molecule has 0 saturated carbocycles. The smallest absolute Gasteiger partial charge is 0.0900 e. The number of benzene rings is 1. The van der Waals surface area contributed by atoms with Crippen LogP contribution in [0.3, 0.4) is 0 Å². The summed E-state index contributed by atoms with van der Waals surface area (Å²) < 4.78 is 0. The molecular weight excluding hydrogens is 276 g/mol. The number of hydrogen-bond donors (Lipinski definition) is 1. The fourth-order valence-electron chi connectivity index (χ4n) is 2.32. The molecule has 1 aromatic carbocycles. The Bertz CT molecular complexity index is 565. The maximum absolute atomic E-state index is 6.23. The van der Waals surface area contributed by atoms with Crippen LogP contribution < -0.4 is 5.32 Å². The van der Waals surface area contributed by atoms with Crippen LogP contribution in [-0.4, -0.2) is 4.98 Å². The summed E-state index contributed by atoms with van der Waals surface area (Å²) in [5.41, 5.74) is 2.27. The number of thiazole rings is 1. The average molecular weight is 295 g/mol. The molecule has 0 aliphatic rings. The van der Waals surface area contributed by atoms with Gasteiger partial charge in [0.2, 0.25) is 0 Å². The standard InChI is InChI=1S/C15H19ClN2S/c1-9(13-7-5-6-8-14(13)16)17-10(2)15-11(3)19-12(4)18-15/h5-10,17H,1-4H3. The second-order valence-corrected chi connectivity index (χ2v) is 6.62. The number of aromatic nitrogens is 1. The van der Waals surface area contributed by atoms with Gasteiger partial charge in [0, 0.05) is 22.0 Å². The molecule has 0 amide bonds. The highest BCUT2D eigenvalue weighted by molar-refractivity contribution is 7.11. The van der Waals surface area contributed by atoms with Crippen LogP contribution in [0, 0.1) is 13.8 Å². The molecule has 2 rings (SSSR count). The van der Waals surface area contributed by atoms with Gasteiger partial charge in [-0.3, -0.25) is 0 Å². The van der Waals surface area contributed by atoms with E-state index in [2.05, 4.69) is 37.1 Å². The Hall–Kier alpha value is -0.900. The van der Waals surface area contributed by atoms with Crippen LogP contribution in [0.25, 0.3) is 0 Å². The predicted octanol–water partition coefficient (Wildman–Crippen LogP) is 4.83. The van der Waals surface area contributed by atoms with E-state index in [1.54, 1.807) is 11.3 Å². The van der Waals surface area contributed by atoms with Gasteiger partial charge in [0.25, 0.3) is 0 Å². The van der Waals surface area contributed by atoms with Gasteiger partial charge < -0.3 is 5.32 Å². The van der Waals surface area contributed by atoms with Crippen molar-refractivity contribution in [3.63, 3.8) is 0 Å². The van der Waals surface area contributed by atoms with Crippen LogP contribution in [0.4, 0.5) is 0 Å². The SMILES string of the molecule is Cc1nc(C(C)NC(C)c2ccccc2Cl)c(C)s1. The Morgan fingerprint density at radius 1 is 1.16 bits per heavy atom. The summed E-state index contributed by atoms with van der Waals surface area (Å²) in [5.74, 6) is 0. The van der Waals surface area contributed by atoms with Crippen LogP contribution in [0.5, 0.6) is 0 Å². The predicted molar refractivity (Wildman–Crippen MR) is 83.0 cm³/mol. The lowest BCUT2D eigenvalue weighted by molar-refractivity contribution is 0.486. The van der Waals surface area contributed by atoms with E-state index in [4.69, 9.17) is 11.6 Å². The third-order valence-electron chi connectivity index (χ3n) is 3.22. The number of rotatable bonds is 4. The summed E-state index contributed by atoms with van der Waals surface area (Å²) in [5, 5.41) is 5.49. The maximum atomic E-state index is 6.23. The first-order valence-electron chi connectivity index (χ1n) is 6.43. The van der Waals surface area contributed by atoms with E-state index < -0.39 is 0 Å². The molecule has 0 aliphatic heterocycles. The number of hydrogen-bond acceptors (Lipinski definition) is 3. The number of halogens is 1. The third kappa shape index (κ3) is 3.35. The van der Waals surface area contributed by atoms with Crippen molar-refractivity contribution in [2.45, 2.75) is 39.8 Å². The largest absolute Gasteiger partial charge is 0.302 e. The summed E-state index contributed by atoms with van der Waals surface area (Å²) in [6.07, 6.45) is 0. The van der Waals surface area contributed by atoms with Crippen molar-refractivity contribution in [1.82, 2.24) is 10.3 Å². The molecule has 2 unspecified atom stereocenters. The summed E-state index contributed by atoms with van der Waals surface area (Å²) in [4.78, 5) is 5.88. The molecule has 4 heteroatoms. The van der Waals surface area contributed by atoms with Crippen LogP contribution in [0.1, 0.15) is 47.1 Å². The van der Waals surface area contributed by atoms with Crippen molar-refractivity contribution in [1.29, 1.82) is 0 Å². The molecule has 1 aromatic heterocycles. The molecule has 2 aromatic rings. The zero-order valence-electron chi connectivity index (χ0n) is 11.7. The Balaban J connectivity index is 2.13. The molecule has 0 saturated heterocycles. The Labute approximate surface area is 123 Å². The van der Waals surface area contributed by atoms with E-state index >= 15 is 0 Å². The Morgan fingerprint density at radius 2 is 1.84 bits per heavy atom. The van der Waals surface area contributed by atoms with E-state index in [0.717, 1.165) is 21.3 Å². The molecule has 0 aliphatic carbocycles. The second kappa shape index (κ2) is 6.04. The van der Waals surface area contributed by atoms with Gasteiger partial charge >= 0.3 is 0 Å². The lowest BCUT2D eigenvalue weighted by Crippen LogP contribution is -2.23. The molecule has 0 radical (unpaired) electrons. The lowest BCUT2D eigenvalue weighted by Gasteiger charge is -2.20. The molecule has 19 heavy (non-hydrogen) atoms. The minimum atomic E-state index is 0.199. The van der Waals surface area contributed by atoms with Gasteiger partial charge in [0.05, 0.1) is 10.7 Å². The molecule has 102 valence electrons. The fourth-order valence-corrected chi connectivity index (χ4v) is 3.53. The van der Waals surface area contributed by atoms with Crippen LogP contribution in [-0.2, 0) is 0 Å². The maximum Gasteiger partial charge on any atom is 0.0900 e. The summed E-state index contributed by atoms with van der Waals surface area (Å²) >= 11 is 7.98. The quantitative estimate of drug-likeness (QED) is 0.874. The molecular formula is C15H19ClN2S. The van der Waals surface area contributed by atoms with Gasteiger partial charge in [0.1, 0.15) is 0 Å². The van der Waals surface area contributed by atoms with Gasteiger partial charge in [0.15, 0.2) is 0 Å². The van der Waals surface area contributed by atoms with Crippen molar-refractivity contribution in [2.24, 2.45) is 0 Å². The van der Waals surface area contributed by atoms with Crippen LogP contribution >= 0.6 is 22.9 Å². The summed E-state index contributed by atoms with van der Waals surface area (Å²) in [6.45, 7) is 8.45. The minimum absolute atomic E-state index is 0.199. The fraction of sp³-hybridized carbons (Fsp3) is 0.400. The minimum Gasteiger partial charge on any atom is -0.302 e. The Morgan fingerprint density at radius 3 is 2.42 bits per heavy atom. The molecule has 0 bridgehead atoms. The first kappa shape index (κ1) is 14.5. The third-order valence-corrected chi connectivity index (χ3v) is 4.47. The average Bonchev–Trinajstić information content (AvgIpc) is 2.69. The summed E-state index contributed by atoms with van der Waals surface area (Å²) in [6, 6.07) is 8.38. The normalized spacial score (nSPS) is 14.4. The first-order chi connectivity index (χ1) is 8.99. The zero-order chi connectivity index (χ0) is 14.0. The number of nitrogens with zero attached hydrogens (tertiary/aromatic N) is 1. The van der Waals surface area contributed by atoms with E-state index in [-0.39, 0.29) is 12.1 Å². The molecule has 2 atom stereocenters. The lowest BCUT2D eigenvalue weighted by atomic mass is 10.1. The van der Waals surface area contributed by atoms with E-state index in [1.165, 1.54) is 4.88 Å². The van der Waals surface area contributed by atoms with Gasteiger partial charge in [-0.25, -0.2) is 4.98 Å². The number of aryl methyl sites for hydroxylation is 2. The van der Waals surface area contributed by atoms with Gasteiger partial charge in [-0.05, 0) is 39.3 Å². The van der Waals surface area contributed by atoms with Gasteiger partial charge in [-0.1, -0.05) is 29.8 Å². The molecule has 0 spiro atoms. The van der Waals surface area contributed by atoms with Crippen molar-refractivity contribution >= 4 is 22.9 Å². The highest BCUT2D eigenvalue weighted by Crippen LogP contribution is 2.27. The van der Waals surface area contributed by atoms with Crippen molar-refractivity contribution in [2.75, 3.05) is 0 Å². The van der Waals surface area contributed by atoms with Gasteiger partial charge in [-0.15, -0.1) is 11.3 Å². The van der Waals surface area contributed by atoms with E-state index in [9.17, 15) is 0 Å². The van der Waals surface area contributed by atoms with Crippen molar-refractivity contribution < 1.29 is 0 Å². The van der Waals surface area contributed by atoms with Crippen LogP contribution in [0.2, 0.25) is 5.02 Å².